The van der Waals surface area contributed by atoms with Crippen molar-refractivity contribution in [1.29, 1.82) is 0 Å². The van der Waals surface area contributed by atoms with Crippen LogP contribution in [0.15, 0.2) is 54.6 Å². The van der Waals surface area contributed by atoms with Crippen LogP contribution in [0.2, 0.25) is 0 Å². The van der Waals surface area contributed by atoms with Crippen molar-refractivity contribution in [3.8, 4) is 0 Å². The van der Waals surface area contributed by atoms with E-state index in [-0.39, 0.29) is 9.99 Å². The van der Waals surface area contributed by atoms with Crippen LogP contribution >= 0.6 is 11.8 Å². The average Bonchev–Trinajstić information content (AvgIpc) is 3.04. The minimum atomic E-state index is -0.185. The highest BCUT2D eigenvalue weighted by molar-refractivity contribution is 8.15. The molecule has 0 amide bonds. The summed E-state index contributed by atoms with van der Waals surface area (Å²) in [6.07, 6.45) is 2.17. The summed E-state index contributed by atoms with van der Waals surface area (Å²) in [6, 6.07) is 18.5. The third kappa shape index (κ3) is 1.56. The predicted octanol–water partition coefficient (Wildman–Crippen LogP) is 4.03. The number of hydrogen-bond donors (Lipinski definition) is 0. The fourth-order valence-corrected chi connectivity index (χ4v) is 4.83. The molecule has 1 spiro atoms. The van der Waals surface area contributed by atoms with Crippen molar-refractivity contribution in [2.75, 3.05) is 11.4 Å². The Labute approximate surface area is 122 Å². The quantitative estimate of drug-likeness (QED) is 0.787. The van der Waals surface area contributed by atoms with E-state index in [0.29, 0.717) is 0 Å². The van der Waals surface area contributed by atoms with Gasteiger partial charge in [-0.3, -0.25) is 4.79 Å². The van der Waals surface area contributed by atoms with Gasteiger partial charge in [-0.1, -0.05) is 42.5 Å². The van der Waals surface area contributed by atoms with Gasteiger partial charge in [0.2, 0.25) is 5.12 Å². The number of carbonyl (C=O) groups excluding carboxylic acids is 1. The third-order valence-electron chi connectivity index (χ3n) is 4.23. The van der Waals surface area contributed by atoms with E-state index in [0.717, 1.165) is 24.9 Å². The van der Waals surface area contributed by atoms with E-state index in [4.69, 9.17) is 0 Å². The van der Waals surface area contributed by atoms with Gasteiger partial charge in [-0.15, -0.1) is 0 Å². The summed E-state index contributed by atoms with van der Waals surface area (Å²) < 4.78 is 0. The van der Waals surface area contributed by atoms with Gasteiger partial charge in [-0.05, 0) is 42.3 Å². The van der Waals surface area contributed by atoms with E-state index < -0.39 is 0 Å². The first kappa shape index (κ1) is 12.0. The first-order valence-corrected chi connectivity index (χ1v) is 7.78. The van der Waals surface area contributed by atoms with Gasteiger partial charge in [-0.2, -0.15) is 0 Å². The van der Waals surface area contributed by atoms with Crippen molar-refractivity contribution in [2.45, 2.75) is 17.7 Å². The SMILES string of the molecule is O=C1SC2(CCCN2c2ccccc2)c2ccccc21. The van der Waals surface area contributed by atoms with Gasteiger partial charge < -0.3 is 4.90 Å². The van der Waals surface area contributed by atoms with Gasteiger partial charge in [0.05, 0.1) is 0 Å². The minimum absolute atomic E-state index is 0.185. The lowest BCUT2D eigenvalue weighted by molar-refractivity contribution is 0.109. The second-order valence-corrected chi connectivity index (χ2v) is 6.56. The molecule has 0 aromatic heterocycles. The molecule has 0 N–H and O–H groups in total. The Kier molecular flexibility index (Phi) is 2.64. The molecule has 4 rings (SSSR count). The molecule has 2 aliphatic heterocycles. The Bertz CT molecular complexity index is 670. The van der Waals surface area contributed by atoms with Crippen molar-refractivity contribution in [3.63, 3.8) is 0 Å². The van der Waals surface area contributed by atoms with Crippen LogP contribution in [-0.2, 0) is 4.87 Å². The maximum Gasteiger partial charge on any atom is 0.222 e. The molecule has 2 heterocycles. The molecule has 0 saturated carbocycles. The number of fused-ring (bicyclic) bond motifs is 2. The standard InChI is InChI=1S/C17H15NOS/c19-16-14-9-4-5-10-15(14)17(20-16)11-6-12-18(17)13-7-2-1-3-8-13/h1-5,7-10H,6,11-12H2. The van der Waals surface area contributed by atoms with E-state index in [1.54, 1.807) is 0 Å². The van der Waals surface area contributed by atoms with Crippen LogP contribution < -0.4 is 4.90 Å². The molecule has 0 bridgehead atoms. The normalized spacial score (nSPS) is 24.4. The monoisotopic (exact) mass is 281 g/mol. The molecule has 1 fully saturated rings. The molecule has 1 atom stereocenters. The topological polar surface area (TPSA) is 20.3 Å². The number of anilines is 1. The number of hydrogen-bond acceptors (Lipinski definition) is 3. The Hall–Kier alpha value is -1.74. The van der Waals surface area contributed by atoms with Crippen LogP contribution in [-0.4, -0.2) is 11.7 Å². The third-order valence-corrected chi connectivity index (χ3v) is 5.62. The van der Waals surface area contributed by atoms with Crippen molar-refractivity contribution in [2.24, 2.45) is 0 Å². The van der Waals surface area contributed by atoms with E-state index in [2.05, 4.69) is 35.2 Å². The lowest BCUT2D eigenvalue weighted by Crippen LogP contribution is -2.37. The van der Waals surface area contributed by atoms with Crippen LogP contribution in [0.1, 0.15) is 28.8 Å². The van der Waals surface area contributed by atoms with Crippen molar-refractivity contribution < 1.29 is 4.79 Å². The van der Waals surface area contributed by atoms with E-state index in [9.17, 15) is 4.79 Å². The molecule has 2 nitrogen and oxygen atoms in total. The second kappa shape index (κ2) is 4.38. The van der Waals surface area contributed by atoms with Crippen LogP contribution in [0.25, 0.3) is 0 Å². The predicted molar refractivity (Wildman–Crippen MR) is 83.1 cm³/mol. The zero-order chi connectivity index (χ0) is 13.6. The average molecular weight is 281 g/mol. The molecule has 2 aromatic carbocycles. The first-order chi connectivity index (χ1) is 9.81. The summed E-state index contributed by atoms with van der Waals surface area (Å²) in [5.74, 6) is 0. The van der Waals surface area contributed by atoms with Crippen LogP contribution in [0.5, 0.6) is 0 Å². The molecular weight excluding hydrogens is 266 g/mol. The fraction of sp³-hybridized carbons (Fsp3) is 0.235. The van der Waals surface area contributed by atoms with E-state index >= 15 is 0 Å². The second-order valence-electron chi connectivity index (χ2n) is 5.31. The summed E-state index contributed by atoms with van der Waals surface area (Å²) in [7, 11) is 0. The molecule has 3 heteroatoms. The maximum absolute atomic E-state index is 12.3. The van der Waals surface area contributed by atoms with Gasteiger partial charge in [0.25, 0.3) is 0 Å². The molecule has 2 aromatic rings. The highest BCUT2D eigenvalue weighted by Gasteiger charge is 2.51. The molecule has 2 aliphatic rings. The Morgan fingerprint density at radius 3 is 2.60 bits per heavy atom. The van der Waals surface area contributed by atoms with Gasteiger partial charge in [0, 0.05) is 17.8 Å². The minimum Gasteiger partial charge on any atom is -0.352 e. The van der Waals surface area contributed by atoms with Crippen molar-refractivity contribution >= 4 is 22.6 Å². The molecular formula is C17H15NOS. The molecule has 0 radical (unpaired) electrons. The van der Waals surface area contributed by atoms with E-state index in [1.165, 1.54) is 23.0 Å². The molecule has 100 valence electrons. The number of nitrogens with zero attached hydrogens (tertiary/aromatic N) is 1. The summed E-state index contributed by atoms with van der Waals surface area (Å²) in [4.78, 5) is 14.6. The molecule has 1 unspecified atom stereocenters. The van der Waals surface area contributed by atoms with Gasteiger partial charge >= 0.3 is 0 Å². The van der Waals surface area contributed by atoms with Crippen molar-refractivity contribution in [1.82, 2.24) is 0 Å². The zero-order valence-electron chi connectivity index (χ0n) is 11.1. The zero-order valence-corrected chi connectivity index (χ0v) is 11.9. The number of para-hydroxylation sites is 1. The molecule has 20 heavy (non-hydrogen) atoms. The first-order valence-electron chi connectivity index (χ1n) is 6.97. The number of thioether (sulfide) groups is 1. The summed E-state index contributed by atoms with van der Waals surface area (Å²) >= 11 is 1.49. The number of carbonyl (C=O) groups is 1. The summed E-state index contributed by atoms with van der Waals surface area (Å²) in [6.45, 7) is 1.01. The Morgan fingerprint density at radius 1 is 1.00 bits per heavy atom. The molecule has 1 saturated heterocycles. The summed E-state index contributed by atoms with van der Waals surface area (Å²) in [5.41, 5.74) is 3.29. The smallest absolute Gasteiger partial charge is 0.222 e. The largest absolute Gasteiger partial charge is 0.352 e. The Balaban J connectivity index is 1.87. The van der Waals surface area contributed by atoms with Crippen LogP contribution in [0.3, 0.4) is 0 Å². The maximum atomic E-state index is 12.3. The van der Waals surface area contributed by atoms with Gasteiger partial charge in [0.1, 0.15) is 4.87 Å². The van der Waals surface area contributed by atoms with Crippen LogP contribution in [0.4, 0.5) is 5.69 Å². The van der Waals surface area contributed by atoms with Gasteiger partial charge in [-0.25, -0.2) is 0 Å². The highest BCUT2D eigenvalue weighted by atomic mass is 32.2. The fourth-order valence-electron chi connectivity index (χ4n) is 3.39. The van der Waals surface area contributed by atoms with Crippen molar-refractivity contribution in [3.05, 3.63) is 65.7 Å². The number of benzene rings is 2. The highest BCUT2D eigenvalue weighted by Crippen LogP contribution is 2.56. The lowest BCUT2D eigenvalue weighted by Gasteiger charge is -2.36. The Morgan fingerprint density at radius 2 is 1.75 bits per heavy atom. The van der Waals surface area contributed by atoms with Crippen LogP contribution in [0, 0.1) is 0 Å². The number of rotatable bonds is 1. The van der Waals surface area contributed by atoms with Gasteiger partial charge in [0.15, 0.2) is 0 Å². The lowest BCUT2D eigenvalue weighted by atomic mass is 9.98. The summed E-state index contributed by atoms with van der Waals surface area (Å²) in [5, 5.41) is 0.212. The van der Waals surface area contributed by atoms with E-state index in [1.807, 2.05) is 24.3 Å². The molecule has 0 aliphatic carbocycles.